The van der Waals surface area contributed by atoms with Crippen molar-refractivity contribution in [3.63, 3.8) is 0 Å². The molecule has 0 bridgehead atoms. The van der Waals surface area contributed by atoms with Crippen LogP contribution >= 0.6 is 38.5 Å². The number of hydrogen-bond donors (Lipinski definition) is 1. The molecular weight excluding hydrogens is 465 g/mol. The molecule has 0 saturated carbocycles. The van der Waals surface area contributed by atoms with Crippen molar-refractivity contribution in [1.82, 2.24) is 4.72 Å². The summed E-state index contributed by atoms with van der Waals surface area (Å²) in [6.45, 7) is 1.93. The average molecular weight is 480 g/mol. The van der Waals surface area contributed by atoms with Crippen molar-refractivity contribution < 1.29 is 8.42 Å². The fourth-order valence-electron chi connectivity index (χ4n) is 1.88. The third-order valence-electron chi connectivity index (χ3n) is 3.03. The zero-order valence-corrected chi connectivity index (χ0v) is 15.9. The van der Waals surface area contributed by atoms with Gasteiger partial charge in [-0.3, -0.25) is 0 Å². The Hall–Kier alpha value is -0.440. The number of benzene rings is 2. The quantitative estimate of drug-likeness (QED) is 0.515. The Morgan fingerprint density at radius 2 is 1.86 bits per heavy atom. The van der Waals surface area contributed by atoms with E-state index in [2.05, 4.69) is 43.2 Å². The van der Waals surface area contributed by atoms with Crippen LogP contribution in [0.1, 0.15) is 17.2 Å². The Morgan fingerprint density at radius 3 is 2.43 bits per heavy atom. The van der Waals surface area contributed by atoms with Crippen LogP contribution in [0.5, 0.6) is 0 Å². The lowest BCUT2D eigenvalue weighted by Crippen LogP contribution is -2.29. The molecule has 0 spiro atoms. The molecule has 0 unspecified atom stereocenters. The third-order valence-corrected chi connectivity index (χ3v) is 5.90. The topological polar surface area (TPSA) is 46.2 Å². The van der Waals surface area contributed by atoms with Crippen molar-refractivity contribution in [2.24, 2.45) is 0 Å². The normalized spacial score (nSPS) is 13.1. The standard InChI is InChI=1S/C15H15BrINO2S/c1-11-5-7-14(8-6-11)21(19,20)18-15(10-17)12-3-2-4-13(16)9-12/h2-9,15,18H,10H2,1H3/t15-/m1/s1. The van der Waals surface area contributed by atoms with E-state index in [1.165, 1.54) is 0 Å². The zero-order chi connectivity index (χ0) is 15.5. The number of aryl methyl sites for hydroxylation is 1. The predicted octanol–water partition coefficient (Wildman–Crippen LogP) is 4.21. The molecule has 0 heterocycles. The van der Waals surface area contributed by atoms with Gasteiger partial charge in [-0.05, 0) is 36.8 Å². The van der Waals surface area contributed by atoms with Crippen LogP contribution in [0.25, 0.3) is 0 Å². The molecule has 0 fully saturated rings. The van der Waals surface area contributed by atoms with Crippen molar-refractivity contribution in [1.29, 1.82) is 0 Å². The summed E-state index contributed by atoms with van der Waals surface area (Å²) in [4.78, 5) is 0.290. The number of nitrogens with one attached hydrogen (secondary N) is 1. The molecule has 0 aliphatic heterocycles. The number of halogens is 2. The van der Waals surface area contributed by atoms with E-state index < -0.39 is 10.0 Å². The minimum absolute atomic E-state index is 0.255. The zero-order valence-electron chi connectivity index (χ0n) is 11.4. The average Bonchev–Trinajstić information content (AvgIpc) is 2.45. The molecule has 0 aromatic heterocycles. The monoisotopic (exact) mass is 479 g/mol. The Kier molecular flexibility index (Phi) is 5.81. The van der Waals surface area contributed by atoms with Crippen LogP contribution in [0.3, 0.4) is 0 Å². The van der Waals surface area contributed by atoms with Crippen molar-refractivity contribution in [2.45, 2.75) is 17.9 Å². The van der Waals surface area contributed by atoms with Gasteiger partial charge >= 0.3 is 0 Å². The van der Waals surface area contributed by atoms with Gasteiger partial charge < -0.3 is 0 Å². The van der Waals surface area contributed by atoms with Gasteiger partial charge in [0.1, 0.15) is 0 Å². The molecule has 0 saturated heterocycles. The van der Waals surface area contributed by atoms with Gasteiger partial charge in [0.2, 0.25) is 10.0 Å². The fourth-order valence-corrected chi connectivity index (χ4v) is 4.55. The molecule has 1 N–H and O–H groups in total. The molecular formula is C15H15BrINO2S. The first-order valence-electron chi connectivity index (χ1n) is 6.33. The van der Waals surface area contributed by atoms with Gasteiger partial charge in [-0.25, -0.2) is 13.1 Å². The second-order valence-corrected chi connectivity index (χ2v) is 8.21. The fraction of sp³-hybridized carbons (Fsp3) is 0.200. The van der Waals surface area contributed by atoms with E-state index in [-0.39, 0.29) is 10.9 Å². The molecule has 112 valence electrons. The van der Waals surface area contributed by atoms with Gasteiger partial charge in [0.15, 0.2) is 0 Å². The van der Waals surface area contributed by atoms with Gasteiger partial charge in [-0.2, -0.15) is 0 Å². The molecule has 1 atom stereocenters. The highest BCUT2D eigenvalue weighted by molar-refractivity contribution is 14.1. The third kappa shape index (κ3) is 4.51. The second-order valence-electron chi connectivity index (χ2n) is 4.70. The van der Waals surface area contributed by atoms with Crippen molar-refractivity contribution in [3.8, 4) is 0 Å². The maximum atomic E-state index is 12.4. The molecule has 6 heteroatoms. The second kappa shape index (κ2) is 7.21. The highest BCUT2D eigenvalue weighted by atomic mass is 127. The number of rotatable bonds is 5. The largest absolute Gasteiger partial charge is 0.241 e. The highest BCUT2D eigenvalue weighted by Crippen LogP contribution is 2.22. The summed E-state index contributed by atoms with van der Waals surface area (Å²) in [5, 5.41) is 0. The van der Waals surface area contributed by atoms with Crippen LogP contribution in [-0.4, -0.2) is 12.8 Å². The molecule has 0 aliphatic rings. The van der Waals surface area contributed by atoms with Crippen molar-refractivity contribution in [2.75, 3.05) is 4.43 Å². The summed E-state index contributed by atoms with van der Waals surface area (Å²) in [5.41, 5.74) is 1.97. The Morgan fingerprint density at radius 1 is 1.19 bits per heavy atom. The minimum Gasteiger partial charge on any atom is -0.207 e. The molecule has 0 radical (unpaired) electrons. The molecule has 0 aliphatic carbocycles. The van der Waals surface area contributed by atoms with Crippen LogP contribution in [0.2, 0.25) is 0 Å². The number of sulfonamides is 1. The van der Waals surface area contributed by atoms with E-state index in [0.29, 0.717) is 4.43 Å². The van der Waals surface area contributed by atoms with Crippen molar-refractivity contribution in [3.05, 3.63) is 64.1 Å². The number of alkyl halides is 1. The van der Waals surface area contributed by atoms with Gasteiger partial charge in [-0.15, -0.1) is 0 Å². The van der Waals surface area contributed by atoms with E-state index in [0.717, 1.165) is 15.6 Å². The summed E-state index contributed by atoms with van der Waals surface area (Å²) < 4.78 is 29.2. The predicted molar refractivity (Wildman–Crippen MR) is 97.3 cm³/mol. The van der Waals surface area contributed by atoms with Gasteiger partial charge in [0.25, 0.3) is 0 Å². The Balaban J connectivity index is 2.27. The van der Waals surface area contributed by atoms with Gasteiger partial charge in [0, 0.05) is 8.90 Å². The highest BCUT2D eigenvalue weighted by Gasteiger charge is 2.20. The molecule has 2 aromatic carbocycles. The molecule has 3 nitrogen and oxygen atoms in total. The SMILES string of the molecule is Cc1ccc(S(=O)(=O)N[C@H](CI)c2cccc(Br)c2)cc1. The lowest BCUT2D eigenvalue weighted by Gasteiger charge is -2.17. The summed E-state index contributed by atoms with van der Waals surface area (Å²) in [7, 11) is -3.52. The van der Waals surface area contributed by atoms with E-state index in [1.54, 1.807) is 24.3 Å². The van der Waals surface area contributed by atoms with Crippen molar-refractivity contribution >= 4 is 48.5 Å². The summed E-state index contributed by atoms with van der Waals surface area (Å²) in [6.07, 6.45) is 0. The maximum Gasteiger partial charge on any atom is 0.241 e. The van der Waals surface area contributed by atoms with Crippen LogP contribution in [-0.2, 0) is 10.0 Å². The molecule has 2 aromatic rings. The Bertz CT molecular complexity index is 717. The first-order valence-corrected chi connectivity index (χ1v) is 10.1. The Labute approximate surface area is 147 Å². The molecule has 2 rings (SSSR count). The van der Waals surface area contributed by atoms with Gasteiger partial charge in [-0.1, -0.05) is 68.3 Å². The smallest absolute Gasteiger partial charge is 0.207 e. The summed E-state index contributed by atoms with van der Waals surface area (Å²) in [6, 6.07) is 14.3. The summed E-state index contributed by atoms with van der Waals surface area (Å²) >= 11 is 5.60. The van der Waals surface area contributed by atoms with Crippen LogP contribution in [0.15, 0.2) is 57.9 Å². The molecule has 21 heavy (non-hydrogen) atoms. The first kappa shape index (κ1) is 16.9. The lowest BCUT2D eigenvalue weighted by atomic mass is 10.1. The van der Waals surface area contributed by atoms with E-state index in [4.69, 9.17) is 0 Å². The van der Waals surface area contributed by atoms with Crippen LogP contribution < -0.4 is 4.72 Å². The molecule has 0 amide bonds. The van der Waals surface area contributed by atoms with E-state index >= 15 is 0 Å². The van der Waals surface area contributed by atoms with E-state index in [9.17, 15) is 8.42 Å². The van der Waals surface area contributed by atoms with Crippen LogP contribution in [0.4, 0.5) is 0 Å². The van der Waals surface area contributed by atoms with E-state index in [1.807, 2.05) is 31.2 Å². The minimum atomic E-state index is -3.52. The maximum absolute atomic E-state index is 12.4. The first-order chi connectivity index (χ1) is 9.92. The summed E-state index contributed by atoms with van der Waals surface area (Å²) in [5.74, 6) is 0. The number of hydrogen-bond acceptors (Lipinski definition) is 2. The van der Waals surface area contributed by atoms with Gasteiger partial charge in [0.05, 0.1) is 10.9 Å². The van der Waals surface area contributed by atoms with Crippen LogP contribution in [0, 0.1) is 6.92 Å². The lowest BCUT2D eigenvalue weighted by molar-refractivity contribution is 0.569.